The number of hydroxylamine groups is 1. The molecule has 3 heterocycles. The van der Waals surface area contributed by atoms with Gasteiger partial charge in [-0.15, -0.1) is 11.3 Å². The average Bonchev–Trinajstić information content (AvgIpc) is 3.94. The Labute approximate surface area is 342 Å². The molecule has 14 heteroatoms. The Hall–Kier alpha value is -5.57. The van der Waals surface area contributed by atoms with E-state index in [0.717, 1.165) is 38.2 Å². The fourth-order valence-electron chi connectivity index (χ4n) is 7.24. The fourth-order valence-corrected chi connectivity index (χ4v) is 8.05. The molecule has 2 aromatic heterocycles. The lowest BCUT2D eigenvalue weighted by molar-refractivity contribution is -0.144. The number of likely N-dealkylation sites (tertiary alicyclic amines) is 1. The number of aryl methyl sites for hydroxylation is 1. The lowest BCUT2D eigenvalue weighted by atomic mass is 9.85. The van der Waals surface area contributed by atoms with Gasteiger partial charge in [0.15, 0.2) is 0 Å². The van der Waals surface area contributed by atoms with E-state index in [2.05, 4.69) is 15.6 Å². The first kappa shape index (κ1) is 42.0. The van der Waals surface area contributed by atoms with E-state index in [9.17, 15) is 24.3 Å². The van der Waals surface area contributed by atoms with Gasteiger partial charge in [-0.25, -0.2) is 10.5 Å². The van der Waals surface area contributed by atoms with Gasteiger partial charge in [-0.1, -0.05) is 63.2 Å². The van der Waals surface area contributed by atoms with E-state index in [-0.39, 0.29) is 37.2 Å². The maximum absolute atomic E-state index is 14.0. The molecule has 13 nitrogen and oxygen atoms in total. The minimum absolute atomic E-state index is 0.00454. The van der Waals surface area contributed by atoms with Crippen LogP contribution in [0.3, 0.4) is 0 Å². The molecule has 1 saturated heterocycles. The number of hydrogen-bond donors (Lipinski definition) is 5. The highest BCUT2D eigenvalue weighted by molar-refractivity contribution is 7.13. The van der Waals surface area contributed by atoms with Crippen LogP contribution in [0.5, 0.6) is 5.75 Å². The molecule has 5 N–H and O–H groups in total. The highest BCUT2D eigenvalue weighted by Crippen LogP contribution is 2.30. The van der Waals surface area contributed by atoms with Crippen LogP contribution in [0.25, 0.3) is 21.3 Å². The van der Waals surface area contributed by atoms with Gasteiger partial charge in [0, 0.05) is 43.2 Å². The number of β-amino-alcohol motifs (C(OH)–C–C–N with tert-alkyl or cyclic N) is 1. The Bertz CT molecular complexity index is 2230. The van der Waals surface area contributed by atoms with Gasteiger partial charge in [0.05, 0.1) is 34.8 Å². The first-order chi connectivity index (χ1) is 27.7. The normalized spacial score (nSPS) is 16.5. The Morgan fingerprint density at radius 1 is 0.983 bits per heavy atom. The second kappa shape index (κ2) is 18.3. The second-order valence-electron chi connectivity index (χ2n) is 16.0. The molecule has 0 spiro atoms. The quantitative estimate of drug-likeness (QED) is 0.0475. The van der Waals surface area contributed by atoms with Gasteiger partial charge < -0.3 is 29.9 Å². The number of thiazole rings is 1. The zero-order valence-electron chi connectivity index (χ0n) is 33.5. The highest BCUT2D eigenvalue weighted by Gasteiger charge is 2.44. The zero-order chi connectivity index (χ0) is 41.6. The van der Waals surface area contributed by atoms with Crippen LogP contribution in [0.15, 0.2) is 84.5 Å². The predicted octanol–water partition coefficient (Wildman–Crippen LogP) is 6.16. The summed E-state index contributed by atoms with van der Waals surface area (Å²) in [6, 6.07) is 20.8. The van der Waals surface area contributed by atoms with Gasteiger partial charge in [0.25, 0.3) is 5.91 Å². The largest absolute Gasteiger partial charge is 0.494 e. The van der Waals surface area contributed by atoms with Crippen molar-refractivity contribution in [3.8, 4) is 16.2 Å². The maximum atomic E-state index is 14.0. The van der Waals surface area contributed by atoms with Crippen LogP contribution in [0.2, 0.25) is 0 Å². The number of unbranched alkanes of at least 4 members (excludes halogenated alkanes) is 1. The van der Waals surface area contributed by atoms with Gasteiger partial charge >= 0.3 is 0 Å². The summed E-state index contributed by atoms with van der Waals surface area (Å²) in [7, 11) is 0. The number of aliphatic hydroxyl groups is 1. The fraction of sp³-hybridized carbons (Fsp3) is 0.386. The van der Waals surface area contributed by atoms with Crippen molar-refractivity contribution in [3.05, 3.63) is 107 Å². The van der Waals surface area contributed by atoms with Crippen LogP contribution in [0, 0.1) is 12.3 Å². The maximum Gasteiger partial charge on any atom is 0.274 e. The third-order valence-electron chi connectivity index (χ3n) is 10.5. The molecule has 4 atom stereocenters. The second-order valence-corrected chi connectivity index (χ2v) is 16.8. The molecular weight excluding hydrogens is 757 g/mol. The van der Waals surface area contributed by atoms with Crippen molar-refractivity contribution in [2.75, 3.05) is 13.2 Å². The van der Waals surface area contributed by atoms with Gasteiger partial charge in [-0.3, -0.25) is 24.4 Å². The smallest absolute Gasteiger partial charge is 0.274 e. The number of carbonyl (C=O) groups excluding carboxylic acids is 4. The molecule has 5 aromatic rings. The Balaban J connectivity index is 0.967. The van der Waals surface area contributed by atoms with Gasteiger partial charge in [-0.05, 0) is 84.5 Å². The number of nitrogens with one attached hydrogen (secondary N) is 3. The van der Waals surface area contributed by atoms with Gasteiger partial charge in [-0.2, -0.15) is 0 Å². The van der Waals surface area contributed by atoms with Gasteiger partial charge in [0.1, 0.15) is 17.8 Å². The molecule has 0 bridgehead atoms. The monoisotopic (exact) mass is 808 g/mol. The topological polar surface area (TPSA) is 175 Å². The van der Waals surface area contributed by atoms with Crippen molar-refractivity contribution in [2.24, 2.45) is 5.41 Å². The number of nitrogens with zero attached hydrogens (tertiary/aromatic N) is 3. The number of rotatable bonds is 15. The van der Waals surface area contributed by atoms with Crippen molar-refractivity contribution in [1.82, 2.24) is 30.6 Å². The molecule has 4 amide bonds. The van der Waals surface area contributed by atoms with E-state index < -0.39 is 35.4 Å². The van der Waals surface area contributed by atoms with Crippen LogP contribution in [-0.2, 0) is 20.9 Å². The Kier molecular flexibility index (Phi) is 13.3. The van der Waals surface area contributed by atoms with Crippen molar-refractivity contribution in [1.29, 1.82) is 0 Å². The highest BCUT2D eigenvalue weighted by atomic mass is 32.1. The van der Waals surface area contributed by atoms with Crippen LogP contribution < -0.4 is 20.9 Å². The van der Waals surface area contributed by atoms with Crippen molar-refractivity contribution >= 4 is 45.9 Å². The summed E-state index contributed by atoms with van der Waals surface area (Å²) in [6.07, 6.45) is 2.56. The first-order valence-corrected chi connectivity index (χ1v) is 20.4. The molecular formula is C44H52N6O7S. The molecule has 0 unspecified atom stereocenters. The number of aliphatic hydroxyl groups excluding tert-OH is 1. The standard InChI is InChI=1S/C44H52N6O7S/c1-27(30-11-14-32(15-12-30)39-28(2)45-26-58-39)46-42(54)37-23-34(51)25-50(37)43(55)40(44(3,4)5)47-38(52)8-6-7-21-57-35-17-9-29(10-18-35)24-49-20-19-31-13-16-33(22-36(31)49)41(53)48-56/h9-20,22,26-27,34,37,40,51,56H,6-8,21,23-25H2,1-5H3,(H,46,54)(H,47,52)(H,48,53)/t27-,34+,37-,40+/m0/s1. The third kappa shape index (κ3) is 10.1. The summed E-state index contributed by atoms with van der Waals surface area (Å²) in [6.45, 7) is 10.4. The average molecular weight is 809 g/mol. The number of carbonyl (C=O) groups is 4. The van der Waals surface area contributed by atoms with E-state index in [4.69, 9.17) is 9.94 Å². The number of benzene rings is 3. The SMILES string of the molecule is Cc1ncsc1-c1ccc([C@H](C)NC(=O)[C@@H]2C[C@@H](O)CN2C(=O)[C@@H](NC(=O)CCCCOc2ccc(Cn3ccc4ccc(C(=O)NO)cc43)cc2)C(C)(C)C)cc1. The number of ether oxygens (including phenoxy) is 1. The molecule has 3 aromatic carbocycles. The predicted molar refractivity (Wildman–Crippen MR) is 222 cm³/mol. The third-order valence-corrected chi connectivity index (χ3v) is 11.5. The minimum atomic E-state index is -0.901. The molecule has 0 radical (unpaired) electrons. The van der Waals surface area contributed by atoms with E-state index in [1.807, 2.05) is 112 Å². The summed E-state index contributed by atoms with van der Waals surface area (Å²) in [5, 5.41) is 26.6. The first-order valence-electron chi connectivity index (χ1n) is 19.6. The number of amides is 4. The van der Waals surface area contributed by atoms with E-state index in [1.54, 1.807) is 28.9 Å². The Morgan fingerprint density at radius 2 is 1.72 bits per heavy atom. The molecule has 58 heavy (non-hydrogen) atoms. The van der Waals surface area contributed by atoms with E-state index in [1.165, 1.54) is 4.90 Å². The van der Waals surface area contributed by atoms with Crippen molar-refractivity contribution in [2.45, 2.75) is 91.1 Å². The summed E-state index contributed by atoms with van der Waals surface area (Å²) in [5.74, 6) is -0.890. The minimum Gasteiger partial charge on any atom is -0.494 e. The molecule has 0 aliphatic carbocycles. The summed E-state index contributed by atoms with van der Waals surface area (Å²) < 4.78 is 7.97. The molecule has 306 valence electrons. The van der Waals surface area contributed by atoms with Gasteiger partial charge in [0.2, 0.25) is 17.7 Å². The van der Waals surface area contributed by atoms with Crippen molar-refractivity contribution in [3.63, 3.8) is 0 Å². The Morgan fingerprint density at radius 3 is 2.40 bits per heavy atom. The van der Waals surface area contributed by atoms with Crippen LogP contribution in [0.1, 0.15) is 86.6 Å². The number of hydrogen-bond acceptors (Lipinski definition) is 9. The lowest BCUT2D eigenvalue weighted by Crippen LogP contribution is -2.57. The van der Waals surface area contributed by atoms with Crippen LogP contribution in [-0.4, -0.2) is 79.7 Å². The lowest BCUT2D eigenvalue weighted by Gasteiger charge is -2.35. The zero-order valence-corrected chi connectivity index (χ0v) is 34.3. The molecule has 0 saturated carbocycles. The van der Waals surface area contributed by atoms with E-state index >= 15 is 0 Å². The van der Waals surface area contributed by atoms with Crippen LogP contribution in [0.4, 0.5) is 0 Å². The van der Waals surface area contributed by atoms with Crippen molar-refractivity contribution < 1.29 is 34.2 Å². The molecule has 1 aliphatic rings. The molecule has 6 rings (SSSR count). The van der Waals surface area contributed by atoms with E-state index in [0.29, 0.717) is 37.3 Å². The number of aromatic nitrogens is 2. The summed E-state index contributed by atoms with van der Waals surface area (Å²) >= 11 is 1.58. The summed E-state index contributed by atoms with van der Waals surface area (Å²) in [4.78, 5) is 59.6. The molecule has 1 fully saturated rings. The summed E-state index contributed by atoms with van der Waals surface area (Å²) in [5.41, 5.74) is 8.04. The molecule has 1 aliphatic heterocycles. The van der Waals surface area contributed by atoms with Crippen LogP contribution >= 0.6 is 11.3 Å². The number of fused-ring (bicyclic) bond motifs is 1.